The Morgan fingerprint density at radius 1 is 1.23 bits per heavy atom. The summed E-state index contributed by atoms with van der Waals surface area (Å²) >= 11 is 0. The maximum absolute atomic E-state index is 11.9. The van der Waals surface area contributed by atoms with Crippen molar-refractivity contribution in [3.05, 3.63) is 53.2 Å². The minimum atomic E-state index is -1.13. The summed E-state index contributed by atoms with van der Waals surface area (Å²) in [6, 6.07) is 8.42. The third-order valence-electron chi connectivity index (χ3n) is 6.24. The molecule has 2 N–H and O–H groups in total. The molecule has 1 aliphatic carbocycles. The van der Waals surface area contributed by atoms with Crippen LogP contribution in [0.1, 0.15) is 32.3 Å². The molecule has 8 nitrogen and oxygen atoms in total. The number of ether oxygens (including phenoxy) is 1. The molecule has 1 aromatic rings. The third kappa shape index (κ3) is 3.12. The van der Waals surface area contributed by atoms with E-state index in [1.165, 1.54) is 9.80 Å². The number of allylic oxidation sites excluding steroid dienone is 1. The Balaban J connectivity index is 1.64. The van der Waals surface area contributed by atoms with Gasteiger partial charge in [0.25, 0.3) is 5.88 Å². The highest BCUT2D eigenvalue weighted by molar-refractivity contribution is 5.72. The number of piperidine rings is 1. The van der Waals surface area contributed by atoms with Crippen LogP contribution in [0.5, 0.6) is 0 Å². The van der Waals surface area contributed by atoms with E-state index in [1.54, 1.807) is 19.8 Å². The molecule has 0 bridgehead atoms. The zero-order chi connectivity index (χ0) is 21.6. The topological polar surface area (TPSA) is 107 Å². The largest absolute Gasteiger partial charge is 0.465 e. The molecule has 3 unspecified atom stereocenters. The number of fused-ring (bicyclic) bond motifs is 1. The summed E-state index contributed by atoms with van der Waals surface area (Å²) in [6.45, 7) is 3.31. The van der Waals surface area contributed by atoms with Gasteiger partial charge in [-0.1, -0.05) is 37.3 Å². The molecule has 30 heavy (non-hydrogen) atoms. The summed E-state index contributed by atoms with van der Waals surface area (Å²) in [7, 11) is 0. The van der Waals surface area contributed by atoms with Crippen molar-refractivity contribution >= 4 is 23.7 Å². The van der Waals surface area contributed by atoms with E-state index in [1.807, 2.05) is 36.3 Å². The fourth-order valence-electron chi connectivity index (χ4n) is 4.60. The fraction of sp³-hybridized carbons (Fsp3) is 0.409. The molecule has 1 saturated carbocycles. The first-order valence-electron chi connectivity index (χ1n) is 9.82. The summed E-state index contributed by atoms with van der Waals surface area (Å²) < 4.78 is 5.66. The van der Waals surface area contributed by atoms with Gasteiger partial charge in [0, 0.05) is 17.5 Å². The Morgan fingerprint density at radius 3 is 2.53 bits per heavy atom. The van der Waals surface area contributed by atoms with Gasteiger partial charge in [-0.05, 0) is 25.7 Å². The van der Waals surface area contributed by atoms with Gasteiger partial charge in [0.05, 0.1) is 17.8 Å². The average molecular weight is 410 g/mol. The number of aliphatic hydroxyl groups is 1. The standard InChI is InChI=1S/C22H22N2O6/c1-12(20(27)17-9-15-8-16(15)24(17)22(28)29)18(10-25)23-13(2)21(30-19(23)11-26)14-6-4-3-5-7-14/h3-7,12,15-17,20,27H,8-9H2,1-2H3,(H,28,29)/t12-,15?,16?,17?,20-/m1/s1. The maximum Gasteiger partial charge on any atom is 0.407 e. The third-order valence-corrected chi connectivity index (χ3v) is 6.24. The average Bonchev–Trinajstić information content (AvgIpc) is 3.28. The van der Waals surface area contributed by atoms with Crippen molar-refractivity contribution in [3.63, 3.8) is 0 Å². The van der Waals surface area contributed by atoms with Gasteiger partial charge in [-0.25, -0.2) is 14.4 Å². The van der Waals surface area contributed by atoms with E-state index in [0.717, 1.165) is 12.0 Å². The molecular formula is C22H22N2O6. The predicted molar refractivity (Wildman–Crippen MR) is 106 cm³/mol. The first kappa shape index (κ1) is 20.0. The highest BCUT2D eigenvalue weighted by Gasteiger charge is 2.57. The van der Waals surface area contributed by atoms with E-state index in [2.05, 4.69) is 0 Å². The smallest absolute Gasteiger partial charge is 0.407 e. The lowest BCUT2D eigenvalue weighted by molar-refractivity contribution is 0.0298. The van der Waals surface area contributed by atoms with E-state index >= 15 is 0 Å². The molecule has 2 heterocycles. The van der Waals surface area contributed by atoms with Crippen molar-refractivity contribution in [1.82, 2.24) is 9.80 Å². The van der Waals surface area contributed by atoms with Crippen molar-refractivity contribution in [2.45, 2.75) is 44.9 Å². The van der Waals surface area contributed by atoms with Crippen LogP contribution in [0.15, 0.2) is 47.6 Å². The lowest BCUT2D eigenvalue weighted by atomic mass is 9.91. The molecule has 8 heteroatoms. The predicted octanol–water partition coefficient (Wildman–Crippen LogP) is 2.23. The van der Waals surface area contributed by atoms with Crippen LogP contribution in [-0.4, -0.2) is 56.2 Å². The second-order valence-electron chi connectivity index (χ2n) is 7.95. The van der Waals surface area contributed by atoms with Gasteiger partial charge in [-0.3, -0.25) is 9.80 Å². The normalized spacial score (nSPS) is 26.5. The summed E-state index contributed by atoms with van der Waals surface area (Å²) in [5.74, 6) is 3.19. The van der Waals surface area contributed by atoms with E-state index < -0.39 is 24.2 Å². The van der Waals surface area contributed by atoms with Crippen LogP contribution in [0.2, 0.25) is 0 Å². The molecule has 1 saturated heterocycles. The number of hydrogen-bond donors (Lipinski definition) is 2. The molecule has 5 atom stereocenters. The molecule has 2 aliphatic heterocycles. The van der Waals surface area contributed by atoms with Gasteiger partial charge >= 0.3 is 6.09 Å². The number of carbonyl (C=O) groups excluding carboxylic acids is 2. The van der Waals surface area contributed by atoms with Gasteiger partial charge in [0.1, 0.15) is 11.6 Å². The number of likely N-dealkylation sites (tertiary alicyclic amines) is 1. The van der Waals surface area contributed by atoms with Crippen molar-refractivity contribution in [1.29, 1.82) is 0 Å². The minimum absolute atomic E-state index is 0.00445. The van der Waals surface area contributed by atoms with E-state index in [0.29, 0.717) is 17.9 Å². The van der Waals surface area contributed by atoms with E-state index in [4.69, 9.17) is 4.74 Å². The maximum atomic E-state index is 11.9. The molecule has 0 radical (unpaired) electrons. The second kappa shape index (κ2) is 7.50. The lowest BCUT2D eigenvalue weighted by Gasteiger charge is -2.34. The van der Waals surface area contributed by atoms with Crippen LogP contribution >= 0.6 is 0 Å². The fourth-order valence-corrected chi connectivity index (χ4v) is 4.60. The highest BCUT2D eigenvalue weighted by Crippen LogP contribution is 2.50. The van der Waals surface area contributed by atoms with Crippen LogP contribution in [0.3, 0.4) is 0 Å². The summed E-state index contributed by atoms with van der Waals surface area (Å²) in [5.41, 5.74) is 1.20. The number of benzene rings is 1. The Hall–Kier alpha value is -3.31. The van der Waals surface area contributed by atoms with Crippen LogP contribution in [0.4, 0.5) is 4.79 Å². The number of carboxylic acid groups (broad SMARTS) is 1. The van der Waals surface area contributed by atoms with Gasteiger partial charge < -0.3 is 14.9 Å². The van der Waals surface area contributed by atoms with Crippen molar-refractivity contribution in [2.75, 3.05) is 0 Å². The van der Waals surface area contributed by atoms with Crippen LogP contribution in [0.25, 0.3) is 5.76 Å². The highest BCUT2D eigenvalue weighted by atomic mass is 16.5. The van der Waals surface area contributed by atoms with Crippen LogP contribution in [-0.2, 0) is 14.3 Å². The number of nitrogens with zero attached hydrogens (tertiary/aromatic N) is 2. The summed E-state index contributed by atoms with van der Waals surface area (Å²) in [5, 5.41) is 20.5. The Morgan fingerprint density at radius 2 is 1.93 bits per heavy atom. The summed E-state index contributed by atoms with van der Waals surface area (Å²) in [6.07, 6.45) is -0.855. The van der Waals surface area contributed by atoms with Crippen molar-refractivity contribution in [2.24, 2.45) is 11.8 Å². The molecule has 2 fully saturated rings. The molecule has 4 rings (SSSR count). The summed E-state index contributed by atoms with van der Waals surface area (Å²) in [4.78, 5) is 37.7. The van der Waals surface area contributed by atoms with Crippen LogP contribution in [0, 0.1) is 11.8 Å². The Kier molecular flexibility index (Phi) is 5.00. The number of rotatable bonds is 5. The molecule has 0 spiro atoms. The zero-order valence-electron chi connectivity index (χ0n) is 16.6. The SMILES string of the molecule is CC1=C(c2ccccc2)OC(=C=O)N1C(=C=O)[C@@H](C)[C@@H](O)C1CC2CC2N1C(=O)O. The van der Waals surface area contributed by atoms with Crippen LogP contribution < -0.4 is 0 Å². The molecule has 3 aliphatic rings. The second-order valence-corrected chi connectivity index (χ2v) is 7.95. The molecule has 1 aromatic carbocycles. The zero-order valence-corrected chi connectivity index (χ0v) is 16.6. The number of hydrogen-bond acceptors (Lipinski definition) is 6. The van der Waals surface area contributed by atoms with Gasteiger partial charge in [0.2, 0.25) is 0 Å². The lowest BCUT2D eigenvalue weighted by Crippen LogP contribution is -2.48. The van der Waals surface area contributed by atoms with Crippen molar-refractivity contribution in [3.8, 4) is 0 Å². The van der Waals surface area contributed by atoms with Gasteiger partial charge in [-0.15, -0.1) is 0 Å². The number of amides is 1. The first-order valence-corrected chi connectivity index (χ1v) is 9.82. The van der Waals surface area contributed by atoms with E-state index in [-0.39, 0.29) is 23.5 Å². The van der Waals surface area contributed by atoms with E-state index in [9.17, 15) is 24.6 Å². The Bertz CT molecular complexity index is 1010. The first-order chi connectivity index (χ1) is 14.4. The Labute approximate surface area is 173 Å². The molecule has 156 valence electrons. The molecule has 1 amide bonds. The monoisotopic (exact) mass is 410 g/mol. The molecule has 0 aromatic heterocycles. The number of carbonyl (C=O) groups is 1. The molecular weight excluding hydrogens is 388 g/mol. The number of aliphatic hydroxyl groups excluding tert-OH is 1. The van der Waals surface area contributed by atoms with Gasteiger partial charge in [0.15, 0.2) is 11.7 Å². The van der Waals surface area contributed by atoms with Crippen molar-refractivity contribution < 1.29 is 29.3 Å². The van der Waals surface area contributed by atoms with Gasteiger partial charge in [-0.2, -0.15) is 0 Å². The minimum Gasteiger partial charge on any atom is -0.465 e. The quantitative estimate of drug-likeness (QED) is 0.717.